The molecule has 0 spiro atoms. The first-order chi connectivity index (χ1) is 18.1. The lowest BCUT2D eigenvalue weighted by Gasteiger charge is -2.36. The SMILES string of the molecule is CCC[C@H](NC1CCc2cc(F)cc(F)c2C1)C(=O)Nc1cn(C(C)(C)C(=O)N2CCCC(C#N)C2)cn1. The molecule has 4 rings (SSSR count). The number of likely N-dealkylation sites (tertiary alicyclic amines) is 1. The third kappa shape index (κ3) is 6.04. The van der Waals surface area contributed by atoms with Crippen molar-refractivity contribution in [3.8, 4) is 6.07 Å². The molecule has 1 aromatic heterocycles. The van der Waals surface area contributed by atoms with Crippen LogP contribution < -0.4 is 10.6 Å². The van der Waals surface area contributed by atoms with Crippen LogP contribution in [0.4, 0.5) is 14.6 Å². The maximum Gasteiger partial charge on any atom is 0.248 e. The number of carbonyl (C=O) groups excluding carboxylic acids is 2. The summed E-state index contributed by atoms with van der Waals surface area (Å²) in [6.07, 6.45) is 7.74. The lowest BCUT2D eigenvalue weighted by Crippen LogP contribution is -2.50. The van der Waals surface area contributed by atoms with E-state index in [4.69, 9.17) is 0 Å². The van der Waals surface area contributed by atoms with E-state index in [2.05, 4.69) is 21.7 Å². The van der Waals surface area contributed by atoms with Gasteiger partial charge in [-0.05, 0) is 69.6 Å². The normalized spacial score (nSPS) is 20.4. The van der Waals surface area contributed by atoms with Gasteiger partial charge in [0, 0.05) is 31.4 Å². The summed E-state index contributed by atoms with van der Waals surface area (Å²) >= 11 is 0. The van der Waals surface area contributed by atoms with Crippen LogP contribution in [0.3, 0.4) is 0 Å². The van der Waals surface area contributed by atoms with Gasteiger partial charge in [-0.25, -0.2) is 13.8 Å². The Balaban J connectivity index is 1.40. The standard InChI is InChI=1S/C28H36F2N6O2/c1-4-6-24(33-21-9-8-19-11-20(29)12-23(30)22(19)13-21)26(37)34-25-16-36(17-32-25)28(2,3)27(38)35-10-5-7-18(14-31)15-35/h11-12,16-18,21,24,33H,4-10,13,15H2,1-3H3,(H,34,37)/t18?,21?,24-/m0/s1. The summed E-state index contributed by atoms with van der Waals surface area (Å²) in [4.78, 5) is 32.5. The number of amides is 2. The van der Waals surface area contributed by atoms with Gasteiger partial charge in [0.1, 0.15) is 17.2 Å². The molecule has 1 aromatic carbocycles. The molecule has 2 amide bonds. The molecule has 1 saturated heterocycles. The third-order valence-electron chi connectivity index (χ3n) is 7.69. The quantitative estimate of drug-likeness (QED) is 0.543. The van der Waals surface area contributed by atoms with Gasteiger partial charge in [0.05, 0.1) is 24.4 Å². The van der Waals surface area contributed by atoms with Crippen LogP contribution in [-0.4, -0.2) is 51.4 Å². The van der Waals surface area contributed by atoms with Crippen LogP contribution in [0, 0.1) is 28.9 Å². The minimum Gasteiger partial charge on any atom is -0.339 e. The highest BCUT2D eigenvalue weighted by molar-refractivity contribution is 5.94. The Bertz CT molecular complexity index is 1220. The molecule has 0 saturated carbocycles. The average Bonchev–Trinajstić information content (AvgIpc) is 3.37. The van der Waals surface area contributed by atoms with Crippen molar-refractivity contribution in [1.29, 1.82) is 5.26 Å². The molecule has 204 valence electrons. The second-order valence-electron chi connectivity index (χ2n) is 10.9. The Morgan fingerprint density at radius 3 is 2.82 bits per heavy atom. The molecule has 2 unspecified atom stereocenters. The number of aromatic nitrogens is 2. The lowest BCUT2D eigenvalue weighted by molar-refractivity contribution is -0.140. The summed E-state index contributed by atoms with van der Waals surface area (Å²) in [5, 5.41) is 15.5. The first-order valence-electron chi connectivity index (χ1n) is 13.4. The minimum atomic E-state index is -0.937. The van der Waals surface area contributed by atoms with E-state index in [1.165, 1.54) is 12.4 Å². The van der Waals surface area contributed by atoms with Gasteiger partial charge < -0.3 is 20.1 Å². The van der Waals surface area contributed by atoms with Gasteiger partial charge in [-0.1, -0.05) is 13.3 Å². The molecule has 0 radical (unpaired) electrons. The second kappa shape index (κ2) is 11.6. The van der Waals surface area contributed by atoms with Crippen molar-refractivity contribution in [1.82, 2.24) is 19.8 Å². The molecule has 10 heteroatoms. The van der Waals surface area contributed by atoms with E-state index in [0.29, 0.717) is 55.7 Å². The number of halogens is 2. The molecular weight excluding hydrogens is 490 g/mol. The zero-order valence-corrected chi connectivity index (χ0v) is 22.3. The van der Waals surface area contributed by atoms with Crippen molar-refractivity contribution in [3.63, 3.8) is 0 Å². The number of anilines is 1. The van der Waals surface area contributed by atoms with Crippen molar-refractivity contribution in [2.24, 2.45) is 5.92 Å². The van der Waals surface area contributed by atoms with Crippen molar-refractivity contribution in [2.75, 3.05) is 18.4 Å². The Labute approximate surface area is 222 Å². The third-order valence-corrected chi connectivity index (χ3v) is 7.69. The first kappa shape index (κ1) is 27.7. The van der Waals surface area contributed by atoms with E-state index >= 15 is 0 Å². The van der Waals surface area contributed by atoms with Gasteiger partial charge in [-0.2, -0.15) is 5.26 Å². The highest BCUT2D eigenvalue weighted by Gasteiger charge is 2.36. The molecule has 2 heterocycles. The largest absolute Gasteiger partial charge is 0.339 e. The van der Waals surface area contributed by atoms with Crippen molar-refractivity contribution in [3.05, 3.63) is 47.4 Å². The highest BCUT2D eigenvalue weighted by Crippen LogP contribution is 2.27. The fourth-order valence-electron chi connectivity index (χ4n) is 5.46. The zero-order valence-electron chi connectivity index (χ0n) is 22.3. The van der Waals surface area contributed by atoms with E-state index < -0.39 is 23.2 Å². The second-order valence-corrected chi connectivity index (χ2v) is 10.9. The summed E-state index contributed by atoms with van der Waals surface area (Å²) in [5.74, 6) is -1.27. The summed E-state index contributed by atoms with van der Waals surface area (Å²) in [6, 6.07) is 3.95. The maximum atomic E-state index is 14.3. The molecule has 1 fully saturated rings. The van der Waals surface area contributed by atoms with Crippen LogP contribution in [0.2, 0.25) is 0 Å². The molecule has 8 nitrogen and oxygen atoms in total. The molecule has 38 heavy (non-hydrogen) atoms. The lowest BCUT2D eigenvalue weighted by atomic mass is 9.87. The number of nitrogens with one attached hydrogen (secondary N) is 2. The number of nitrogens with zero attached hydrogens (tertiary/aromatic N) is 4. The Hall–Kier alpha value is -3.32. The van der Waals surface area contributed by atoms with Crippen LogP contribution in [0.1, 0.15) is 64.0 Å². The summed E-state index contributed by atoms with van der Waals surface area (Å²) in [6.45, 7) is 6.62. The van der Waals surface area contributed by atoms with Crippen molar-refractivity contribution >= 4 is 17.6 Å². The molecule has 2 aromatic rings. The molecule has 0 bridgehead atoms. The van der Waals surface area contributed by atoms with E-state index in [-0.39, 0.29) is 23.8 Å². The van der Waals surface area contributed by atoms with Crippen LogP contribution in [-0.2, 0) is 28.0 Å². The minimum absolute atomic E-state index is 0.0945. The van der Waals surface area contributed by atoms with Crippen LogP contribution >= 0.6 is 0 Å². The number of hydrogen-bond acceptors (Lipinski definition) is 5. The highest BCUT2D eigenvalue weighted by atomic mass is 19.1. The molecule has 1 aliphatic heterocycles. The fraction of sp³-hybridized carbons (Fsp3) is 0.571. The van der Waals surface area contributed by atoms with Gasteiger partial charge in [-0.3, -0.25) is 9.59 Å². The number of fused-ring (bicyclic) bond motifs is 1. The summed E-state index contributed by atoms with van der Waals surface area (Å²) in [5.41, 5.74) is 0.256. The van der Waals surface area contributed by atoms with Crippen LogP contribution in [0.5, 0.6) is 0 Å². The van der Waals surface area contributed by atoms with Gasteiger partial charge in [0.25, 0.3) is 0 Å². The number of imidazole rings is 1. The Morgan fingerprint density at radius 2 is 2.08 bits per heavy atom. The fourth-order valence-corrected chi connectivity index (χ4v) is 5.46. The molecular formula is C28H36F2N6O2. The number of rotatable bonds is 8. The predicted octanol–water partition coefficient (Wildman–Crippen LogP) is 3.91. The number of nitriles is 1. The van der Waals surface area contributed by atoms with Crippen molar-refractivity contribution in [2.45, 2.75) is 83.3 Å². The Morgan fingerprint density at radius 1 is 1.29 bits per heavy atom. The summed E-state index contributed by atoms with van der Waals surface area (Å²) in [7, 11) is 0. The topological polar surface area (TPSA) is 103 Å². The van der Waals surface area contributed by atoms with Gasteiger partial charge in [-0.15, -0.1) is 0 Å². The van der Waals surface area contributed by atoms with Gasteiger partial charge >= 0.3 is 0 Å². The monoisotopic (exact) mass is 526 g/mol. The van der Waals surface area contributed by atoms with Gasteiger partial charge in [0.2, 0.25) is 11.8 Å². The predicted molar refractivity (Wildman–Crippen MR) is 139 cm³/mol. The zero-order chi connectivity index (χ0) is 27.4. The smallest absolute Gasteiger partial charge is 0.248 e. The maximum absolute atomic E-state index is 14.3. The van der Waals surface area contributed by atoms with E-state index in [1.807, 2.05) is 6.92 Å². The average molecular weight is 527 g/mol. The van der Waals surface area contributed by atoms with E-state index in [0.717, 1.165) is 25.3 Å². The van der Waals surface area contributed by atoms with Crippen LogP contribution in [0.15, 0.2) is 24.7 Å². The summed E-state index contributed by atoms with van der Waals surface area (Å²) < 4.78 is 29.6. The number of benzene rings is 1. The number of hydrogen-bond donors (Lipinski definition) is 2. The van der Waals surface area contributed by atoms with Crippen molar-refractivity contribution < 1.29 is 18.4 Å². The number of piperidine rings is 1. The molecule has 1 aliphatic carbocycles. The first-order valence-corrected chi connectivity index (χ1v) is 13.4. The van der Waals surface area contributed by atoms with E-state index in [1.54, 1.807) is 29.5 Å². The number of aryl methyl sites for hydroxylation is 1. The molecule has 3 atom stereocenters. The van der Waals surface area contributed by atoms with Gasteiger partial charge in [0.15, 0.2) is 5.82 Å². The number of carbonyl (C=O) groups is 2. The Kier molecular flexibility index (Phi) is 8.46. The molecule has 2 aliphatic rings. The molecule has 2 N–H and O–H groups in total. The van der Waals surface area contributed by atoms with Crippen LogP contribution in [0.25, 0.3) is 0 Å². The van der Waals surface area contributed by atoms with E-state index in [9.17, 15) is 23.6 Å².